The first-order valence-corrected chi connectivity index (χ1v) is 8.94. The van der Waals surface area contributed by atoms with Crippen LogP contribution in [0.1, 0.15) is 19.8 Å². The maximum absolute atomic E-state index is 11.7. The van der Waals surface area contributed by atoms with Gasteiger partial charge in [0.2, 0.25) is 0 Å². The largest absolute Gasteiger partial charge is 0.491 e. The second-order valence-electron chi connectivity index (χ2n) is 5.90. The molecule has 2 N–H and O–H groups in total. The number of aliphatic hydroxyl groups excluding tert-OH is 1. The fourth-order valence-electron chi connectivity index (χ4n) is 2.84. The Kier molecular flexibility index (Phi) is 7.33. The van der Waals surface area contributed by atoms with E-state index in [-0.39, 0.29) is 18.5 Å². The fourth-order valence-corrected chi connectivity index (χ4v) is 3.11. The Morgan fingerprint density at radius 1 is 1.35 bits per heavy atom. The highest BCUT2D eigenvalue weighted by atomic mass is 79.9. The summed E-state index contributed by atoms with van der Waals surface area (Å²) in [5.41, 5.74) is 0. The van der Waals surface area contributed by atoms with E-state index in [2.05, 4.69) is 15.9 Å². The normalized spacial score (nSPS) is 22.4. The molecule has 0 unspecified atom stereocenters. The number of esters is 1. The third-order valence-corrected chi connectivity index (χ3v) is 4.62. The molecule has 0 amide bonds. The van der Waals surface area contributed by atoms with Gasteiger partial charge in [-0.3, -0.25) is 4.79 Å². The molecule has 1 aliphatic heterocycles. The highest BCUT2D eigenvalue weighted by molar-refractivity contribution is 9.10. The SMILES string of the molecule is CCOC(=O)C1CC[NH+](C[C@H](O)COc2ccc(Br)cc2)CC1. The number of quaternary nitrogens is 1. The molecule has 1 aromatic rings. The van der Waals surface area contributed by atoms with Gasteiger partial charge in [0.1, 0.15) is 25.0 Å². The summed E-state index contributed by atoms with van der Waals surface area (Å²) in [6.07, 6.45) is 1.15. The first-order valence-electron chi connectivity index (χ1n) is 8.15. The molecule has 0 aliphatic carbocycles. The molecule has 0 spiro atoms. The summed E-state index contributed by atoms with van der Waals surface area (Å²) in [6.45, 7) is 4.98. The summed E-state index contributed by atoms with van der Waals surface area (Å²) in [4.78, 5) is 13.0. The van der Waals surface area contributed by atoms with Crippen molar-refractivity contribution in [2.45, 2.75) is 25.9 Å². The van der Waals surface area contributed by atoms with Crippen LogP contribution in [0.15, 0.2) is 28.7 Å². The number of aliphatic hydroxyl groups is 1. The van der Waals surface area contributed by atoms with Gasteiger partial charge in [0.15, 0.2) is 0 Å². The monoisotopic (exact) mass is 386 g/mol. The van der Waals surface area contributed by atoms with Crippen molar-refractivity contribution in [3.05, 3.63) is 28.7 Å². The standard InChI is InChI=1S/C17H24BrNO4/c1-2-22-17(21)13-7-9-19(10-8-13)11-15(20)12-23-16-5-3-14(18)4-6-16/h3-6,13,15,20H,2,7-12H2,1H3/p+1/t15-/m0/s1. The molecule has 1 fully saturated rings. The van der Waals surface area contributed by atoms with E-state index in [1.165, 1.54) is 4.90 Å². The number of hydrogen-bond acceptors (Lipinski definition) is 4. The molecule has 6 heteroatoms. The average molecular weight is 387 g/mol. The van der Waals surface area contributed by atoms with Gasteiger partial charge in [-0.05, 0) is 31.2 Å². The lowest BCUT2D eigenvalue weighted by molar-refractivity contribution is -0.908. The number of carbonyl (C=O) groups is 1. The zero-order valence-electron chi connectivity index (χ0n) is 13.5. The third-order valence-electron chi connectivity index (χ3n) is 4.09. The lowest BCUT2D eigenvalue weighted by Crippen LogP contribution is -3.14. The Morgan fingerprint density at radius 2 is 2.00 bits per heavy atom. The van der Waals surface area contributed by atoms with E-state index in [1.807, 2.05) is 31.2 Å². The number of carbonyl (C=O) groups excluding carboxylic acids is 1. The van der Waals surface area contributed by atoms with Gasteiger partial charge in [0, 0.05) is 17.3 Å². The van der Waals surface area contributed by atoms with Crippen LogP contribution in [0.3, 0.4) is 0 Å². The van der Waals surface area contributed by atoms with Crippen molar-refractivity contribution in [3.8, 4) is 5.75 Å². The smallest absolute Gasteiger partial charge is 0.309 e. The molecule has 0 bridgehead atoms. The number of hydrogen-bond donors (Lipinski definition) is 2. The van der Waals surface area contributed by atoms with Crippen molar-refractivity contribution in [2.75, 3.05) is 32.8 Å². The Balaban J connectivity index is 1.67. The molecular formula is C17H25BrNO4+. The van der Waals surface area contributed by atoms with Crippen molar-refractivity contribution in [3.63, 3.8) is 0 Å². The minimum atomic E-state index is -0.507. The van der Waals surface area contributed by atoms with Crippen LogP contribution in [0, 0.1) is 5.92 Å². The van der Waals surface area contributed by atoms with Gasteiger partial charge in [-0.25, -0.2) is 0 Å². The zero-order valence-corrected chi connectivity index (χ0v) is 15.0. The Hall–Kier alpha value is -1.11. The van der Waals surface area contributed by atoms with Gasteiger partial charge in [0.25, 0.3) is 0 Å². The molecule has 0 saturated carbocycles. The number of ether oxygens (including phenoxy) is 2. The predicted octanol–water partition coefficient (Wildman–Crippen LogP) is 1.05. The van der Waals surface area contributed by atoms with Crippen molar-refractivity contribution < 1.29 is 24.3 Å². The number of piperidine rings is 1. The highest BCUT2D eigenvalue weighted by Crippen LogP contribution is 2.16. The Labute approximate surface area is 145 Å². The first kappa shape index (κ1) is 18.2. The van der Waals surface area contributed by atoms with E-state index >= 15 is 0 Å². The summed E-state index contributed by atoms with van der Waals surface area (Å²) in [5, 5.41) is 10.1. The van der Waals surface area contributed by atoms with Crippen LogP contribution >= 0.6 is 15.9 Å². The van der Waals surface area contributed by atoms with Crippen molar-refractivity contribution in [2.24, 2.45) is 5.92 Å². The topological polar surface area (TPSA) is 60.2 Å². The van der Waals surface area contributed by atoms with Gasteiger partial charge in [-0.1, -0.05) is 15.9 Å². The molecule has 1 saturated heterocycles. The summed E-state index contributed by atoms with van der Waals surface area (Å²) in [6, 6.07) is 7.56. The molecule has 0 radical (unpaired) electrons. The van der Waals surface area contributed by atoms with Crippen molar-refractivity contribution >= 4 is 21.9 Å². The second kappa shape index (κ2) is 9.25. The minimum Gasteiger partial charge on any atom is -0.491 e. The number of halogens is 1. The van der Waals surface area contributed by atoms with Crippen LogP contribution < -0.4 is 9.64 Å². The summed E-state index contributed by atoms with van der Waals surface area (Å²) >= 11 is 3.37. The van der Waals surface area contributed by atoms with E-state index in [4.69, 9.17) is 9.47 Å². The van der Waals surface area contributed by atoms with Gasteiger partial charge in [-0.15, -0.1) is 0 Å². The maximum atomic E-state index is 11.7. The number of benzene rings is 1. The first-order chi connectivity index (χ1) is 11.1. The molecule has 1 heterocycles. The lowest BCUT2D eigenvalue weighted by atomic mass is 9.97. The fraction of sp³-hybridized carbons (Fsp3) is 0.588. The molecule has 1 aliphatic rings. The van der Waals surface area contributed by atoms with Gasteiger partial charge in [0.05, 0.1) is 25.6 Å². The molecule has 0 aromatic heterocycles. The summed E-state index contributed by atoms with van der Waals surface area (Å²) < 4.78 is 11.7. The quantitative estimate of drug-likeness (QED) is 0.687. The number of nitrogens with one attached hydrogen (secondary N) is 1. The van der Waals surface area contributed by atoms with Crippen LogP contribution in [0.25, 0.3) is 0 Å². The van der Waals surface area contributed by atoms with Crippen LogP contribution in [-0.4, -0.2) is 50.0 Å². The van der Waals surface area contributed by atoms with E-state index in [0.29, 0.717) is 13.2 Å². The predicted molar refractivity (Wildman–Crippen MR) is 90.6 cm³/mol. The summed E-state index contributed by atoms with van der Waals surface area (Å²) in [5.74, 6) is 0.698. The lowest BCUT2D eigenvalue weighted by Gasteiger charge is -2.29. The molecule has 1 aromatic carbocycles. The van der Waals surface area contributed by atoms with Crippen molar-refractivity contribution in [1.82, 2.24) is 0 Å². The zero-order chi connectivity index (χ0) is 16.7. The van der Waals surface area contributed by atoms with E-state index in [0.717, 1.165) is 36.2 Å². The molecule has 23 heavy (non-hydrogen) atoms. The Morgan fingerprint density at radius 3 is 2.61 bits per heavy atom. The van der Waals surface area contributed by atoms with Gasteiger partial charge >= 0.3 is 5.97 Å². The minimum absolute atomic E-state index is 0.0230. The highest BCUT2D eigenvalue weighted by Gasteiger charge is 2.29. The molecule has 5 nitrogen and oxygen atoms in total. The average Bonchev–Trinajstić information content (AvgIpc) is 2.55. The van der Waals surface area contributed by atoms with Gasteiger partial charge in [-0.2, -0.15) is 0 Å². The van der Waals surface area contributed by atoms with Gasteiger partial charge < -0.3 is 19.5 Å². The third kappa shape index (κ3) is 6.12. The molecular weight excluding hydrogens is 362 g/mol. The van der Waals surface area contributed by atoms with E-state index in [1.54, 1.807) is 0 Å². The van der Waals surface area contributed by atoms with E-state index in [9.17, 15) is 9.90 Å². The van der Waals surface area contributed by atoms with E-state index < -0.39 is 6.10 Å². The second-order valence-corrected chi connectivity index (χ2v) is 6.81. The van der Waals surface area contributed by atoms with Crippen molar-refractivity contribution in [1.29, 1.82) is 0 Å². The molecule has 1 atom stereocenters. The van der Waals surface area contributed by atoms with Crippen LogP contribution in [-0.2, 0) is 9.53 Å². The number of likely N-dealkylation sites (tertiary alicyclic amines) is 1. The maximum Gasteiger partial charge on any atom is 0.309 e. The molecule has 128 valence electrons. The summed E-state index contributed by atoms with van der Waals surface area (Å²) in [7, 11) is 0. The van der Waals surface area contributed by atoms with Crippen LogP contribution in [0.2, 0.25) is 0 Å². The number of rotatable bonds is 7. The van der Waals surface area contributed by atoms with Crippen LogP contribution in [0.4, 0.5) is 0 Å². The molecule has 2 rings (SSSR count). The van der Waals surface area contributed by atoms with Crippen LogP contribution in [0.5, 0.6) is 5.75 Å². The Bertz CT molecular complexity index is 486.